The van der Waals surface area contributed by atoms with E-state index in [0.29, 0.717) is 11.7 Å². The topological polar surface area (TPSA) is 46.5 Å². The van der Waals surface area contributed by atoms with E-state index in [4.69, 9.17) is 21.4 Å². The molecule has 1 aromatic carbocycles. The lowest BCUT2D eigenvalue weighted by atomic mass is 10.1. The summed E-state index contributed by atoms with van der Waals surface area (Å²) in [6.07, 6.45) is 1.03. The largest absolute Gasteiger partial charge is 0.491 e. The van der Waals surface area contributed by atoms with Gasteiger partial charge in [0.25, 0.3) is 0 Å². The zero-order valence-corrected chi connectivity index (χ0v) is 11.0. The van der Waals surface area contributed by atoms with Gasteiger partial charge in [0.05, 0.1) is 16.7 Å². The van der Waals surface area contributed by atoms with Crippen molar-refractivity contribution in [3.63, 3.8) is 0 Å². The maximum atomic E-state index is 10.8. The molecule has 3 nitrogen and oxygen atoms in total. The maximum absolute atomic E-state index is 10.8. The number of benzene rings is 1. The lowest BCUT2D eigenvalue weighted by molar-refractivity contribution is 0.0697. The van der Waals surface area contributed by atoms with Gasteiger partial charge in [0.1, 0.15) is 5.75 Å². The van der Waals surface area contributed by atoms with Crippen LogP contribution in [0.1, 0.15) is 37.6 Å². The van der Waals surface area contributed by atoms with Gasteiger partial charge in [0.15, 0.2) is 0 Å². The minimum Gasteiger partial charge on any atom is -0.491 e. The van der Waals surface area contributed by atoms with Crippen LogP contribution in [-0.2, 0) is 0 Å². The van der Waals surface area contributed by atoms with Crippen molar-refractivity contribution in [2.24, 2.45) is 5.92 Å². The zero-order valence-electron chi connectivity index (χ0n) is 10.2. The second kappa shape index (κ2) is 5.92. The van der Waals surface area contributed by atoms with E-state index in [-0.39, 0.29) is 16.7 Å². The van der Waals surface area contributed by atoms with E-state index in [9.17, 15) is 4.79 Å². The molecule has 0 bridgehead atoms. The molecule has 17 heavy (non-hydrogen) atoms. The summed E-state index contributed by atoms with van der Waals surface area (Å²) in [6, 6.07) is 4.64. The average molecular weight is 257 g/mol. The zero-order chi connectivity index (χ0) is 13.0. The molecule has 0 spiro atoms. The standard InChI is InChI=1S/C13H17ClO3/c1-8(2)6-9(3)17-10-4-5-11(13(15)16)12(14)7-10/h4-5,7-9H,6H2,1-3H3,(H,15,16). The van der Waals surface area contributed by atoms with Crippen molar-refractivity contribution in [2.75, 3.05) is 0 Å². The molecule has 0 fully saturated rings. The first kappa shape index (κ1) is 13.8. The highest BCUT2D eigenvalue weighted by Crippen LogP contribution is 2.24. The van der Waals surface area contributed by atoms with Gasteiger partial charge in [-0.2, -0.15) is 0 Å². The van der Waals surface area contributed by atoms with Gasteiger partial charge < -0.3 is 9.84 Å². The predicted molar refractivity (Wildman–Crippen MR) is 68.0 cm³/mol. The van der Waals surface area contributed by atoms with Crippen LogP contribution in [0.5, 0.6) is 5.75 Å². The molecule has 1 rings (SSSR count). The molecule has 4 heteroatoms. The van der Waals surface area contributed by atoms with Crippen molar-refractivity contribution in [1.82, 2.24) is 0 Å². The third kappa shape index (κ3) is 4.27. The molecule has 1 atom stereocenters. The Morgan fingerprint density at radius 1 is 1.41 bits per heavy atom. The highest BCUT2D eigenvalue weighted by atomic mass is 35.5. The second-order valence-corrected chi connectivity index (χ2v) is 4.91. The number of aromatic carboxylic acids is 1. The van der Waals surface area contributed by atoms with Gasteiger partial charge in [-0.15, -0.1) is 0 Å². The van der Waals surface area contributed by atoms with Gasteiger partial charge in [0, 0.05) is 0 Å². The molecule has 1 N–H and O–H groups in total. The molecule has 0 amide bonds. The minimum absolute atomic E-state index is 0.0849. The Kier molecular flexibility index (Phi) is 4.82. The van der Waals surface area contributed by atoms with Crippen molar-refractivity contribution >= 4 is 17.6 Å². The van der Waals surface area contributed by atoms with Gasteiger partial charge in [-0.05, 0) is 37.5 Å². The highest BCUT2D eigenvalue weighted by Gasteiger charge is 2.11. The third-order valence-corrected chi connectivity index (χ3v) is 2.62. The van der Waals surface area contributed by atoms with Gasteiger partial charge in [0.2, 0.25) is 0 Å². The molecule has 0 aliphatic carbocycles. The number of hydrogen-bond donors (Lipinski definition) is 1. The summed E-state index contributed by atoms with van der Waals surface area (Å²) >= 11 is 5.85. The molecule has 0 aromatic heterocycles. The molecule has 1 unspecified atom stereocenters. The fourth-order valence-electron chi connectivity index (χ4n) is 1.69. The number of carboxylic acids is 1. The number of halogens is 1. The normalized spacial score (nSPS) is 12.5. The van der Waals surface area contributed by atoms with Gasteiger partial charge in [-0.1, -0.05) is 25.4 Å². The molecule has 0 aliphatic heterocycles. The van der Waals surface area contributed by atoms with Crippen molar-refractivity contribution in [1.29, 1.82) is 0 Å². The minimum atomic E-state index is -1.03. The summed E-state index contributed by atoms with van der Waals surface area (Å²) in [6.45, 7) is 6.24. The van der Waals surface area contributed by atoms with Crippen LogP contribution in [0.4, 0.5) is 0 Å². The lowest BCUT2D eigenvalue weighted by Crippen LogP contribution is -2.14. The van der Waals surface area contributed by atoms with Crippen LogP contribution in [0.25, 0.3) is 0 Å². The number of carboxylic acid groups (broad SMARTS) is 1. The lowest BCUT2D eigenvalue weighted by Gasteiger charge is -2.17. The number of carbonyl (C=O) groups is 1. The molecular formula is C13H17ClO3. The third-order valence-electron chi connectivity index (χ3n) is 2.31. The van der Waals surface area contributed by atoms with Crippen molar-refractivity contribution in [3.8, 4) is 5.75 Å². The number of rotatable bonds is 5. The van der Waals surface area contributed by atoms with Crippen LogP contribution < -0.4 is 4.74 Å². The molecule has 0 aliphatic rings. The Morgan fingerprint density at radius 3 is 2.53 bits per heavy atom. The van der Waals surface area contributed by atoms with E-state index in [1.54, 1.807) is 12.1 Å². The van der Waals surface area contributed by atoms with E-state index in [1.165, 1.54) is 6.07 Å². The summed E-state index contributed by atoms with van der Waals surface area (Å²) < 4.78 is 5.66. The van der Waals surface area contributed by atoms with E-state index in [0.717, 1.165) is 6.42 Å². The number of ether oxygens (including phenoxy) is 1. The highest BCUT2D eigenvalue weighted by molar-refractivity contribution is 6.33. The Balaban J connectivity index is 2.74. The van der Waals surface area contributed by atoms with Crippen LogP contribution in [0.15, 0.2) is 18.2 Å². The molecule has 0 saturated heterocycles. The van der Waals surface area contributed by atoms with E-state index >= 15 is 0 Å². The summed E-state index contributed by atoms with van der Waals surface area (Å²) in [7, 11) is 0. The number of hydrogen-bond acceptors (Lipinski definition) is 2. The molecule has 1 aromatic rings. The molecule has 0 radical (unpaired) electrons. The van der Waals surface area contributed by atoms with Crippen LogP contribution in [-0.4, -0.2) is 17.2 Å². The fraction of sp³-hybridized carbons (Fsp3) is 0.462. The Bertz CT molecular complexity index is 402. The monoisotopic (exact) mass is 256 g/mol. The molecule has 94 valence electrons. The van der Waals surface area contributed by atoms with Crippen LogP contribution in [0.2, 0.25) is 5.02 Å². The van der Waals surface area contributed by atoms with E-state index in [2.05, 4.69) is 13.8 Å². The second-order valence-electron chi connectivity index (χ2n) is 4.50. The summed E-state index contributed by atoms with van der Waals surface area (Å²) in [5.41, 5.74) is 0.0931. The summed E-state index contributed by atoms with van der Waals surface area (Å²) in [5.74, 6) is 0.128. The van der Waals surface area contributed by atoms with Crippen LogP contribution in [0, 0.1) is 5.92 Å². The van der Waals surface area contributed by atoms with Gasteiger partial charge in [-0.3, -0.25) is 0 Å². The van der Waals surface area contributed by atoms with Gasteiger partial charge >= 0.3 is 5.97 Å². The van der Waals surface area contributed by atoms with E-state index in [1.807, 2.05) is 6.92 Å². The van der Waals surface area contributed by atoms with Crippen LogP contribution in [0.3, 0.4) is 0 Å². The van der Waals surface area contributed by atoms with E-state index < -0.39 is 5.97 Å². The predicted octanol–water partition coefficient (Wildman–Crippen LogP) is 3.85. The summed E-state index contributed by atoms with van der Waals surface area (Å²) in [4.78, 5) is 10.8. The van der Waals surface area contributed by atoms with Crippen molar-refractivity contribution in [3.05, 3.63) is 28.8 Å². The molecule has 0 heterocycles. The van der Waals surface area contributed by atoms with Gasteiger partial charge in [-0.25, -0.2) is 4.79 Å². The first-order valence-corrected chi connectivity index (χ1v) is 5.97. The quantitative estimate of drug-likeness (QED) is 0.870. The Hall–Kier alpha value is -1.22. The first-order chi connectivity index (χ1) is 7.90. The Labute approximate surface area is 106 Å². The Morgan fingerprint density at radius 2 is 2.06 bits per heavy atom. The summed E-state index contributed by atoms with van der Waals surface area (Å²) in [5, 5.41) is 9.03. The SMILES string of the molecule is CC(C)CC(C)Oc1ccc(C(=O)O)c(Cl)c1. The van der Waals surface area contributed by atoms with Crippen molar-refractivity contribution in [2.45, 2.75) is 33.3 Å². The van der Waals surface area contributed by atoms with Crippen LogP contribution >= 0.6 is 11.6 Å². The molecule has 0 saturated carbocycles. The average Bonchev–Trinajstić information content (AvgIpc) is 2.15. The molecular weight excluding hydrogens is 240 g/mol. The maximum Gasteiger partial charge on any atom is 0.337 e. The first-order valence-electron chi connectivity index (χ1n) is 5.59. The van der Waals surface area contributed by atoms with Crippen molar-refractivity contribution < 1.29 is 14.6 Å². The fourth-order valence-corrected chi connectivity index (χ4v) is 1.94. The smallest absolute Gasteiger partial charge is 0.337 e.